The van der Waals surface area contributed by atoms with E-state index in [1.807, 2.05) is 36.6 Å². The van der Waals surface area contributed by atoms with Crippen molar-refractivity contribution in [3.05, 3.63) is 75.2 Å². The Bertz CT molecular complexity index is 1090. The normalized spacial score (nSPS) is 10.8. The first-order chi connectivity index (χ1) is 14.4. The van der Waals surface area contributed by atoms with E-state index in [4.69, 9.17) is 16.3 Å². The summed E-state index contributed by atoms with van der Waals surface area (Å²) in [7, 11) is 0. The van der Waals surface area contributed by atoms with Crippen LogP contribution in [0.5, 0.6) is 5.75 Å². The van der Waals surface area contributed by atoms with Crippen molar-refractivity contribution in [3.63, 3.8) is 0 Å². The van der Waals surface area contributed by atoms with Gasteiger partial charge >= 0.3 is 0 Å². The monoisotopic (exact) mass is 441 g/mol. The molecule has 1 aromatic heterocycles. The summed E-state index contributed by atoms with van der Waals surface area (Å²) in [4.78, 5) is 27.7. The summed E-state index contributed by atoms with van der Waals surface area (Å²) in [5, 5.41) is 8.65. The number of ether oxygens (including phenoxy) is 1. The van der Waals surface area contributed by atoms with E-state index in [2.05, 4.69) is 15.6 Å². The average Bonchev–Trinajstić information content (AvgIpc) is 3.12. The van der Waals surface area contributed by atoms with Crippen LogP contribution in [0.15, 0.2) is 53.9 Å². The number of thiazole rings is 1. The SMILES string of the molecule is CC(=O)Nc1ccc(NC(=O)/C=C/c2cccc(OCc3csc(C)n3)c2)c(Cl)c1. The van der Waals surface area contributed by atoms with Crippen molar-refractivity contribution in [3.8, 4) is 5.75 Å². The number of hydrogen-bond donors (Lipinski definition) is 2. The largest absolute Gasteiger partial charge is 0.487 e. The summed E-state index contributed by atoms with van der Waals surface area (Å²) < 4.78 is 5.77. The zero-order valence-corrected chi connectivity index (χ0v) is 18.0. The van der Waals surface area contributed by atoms with E-state index in [0.29, 0.717) is 28.8 Å². The van der Waals surface area contributed by atoms with Crippen LogP contribution in [0.25, 0.3) is 6.08 Å². The Hall–Kier alpha value is -3.16. The molecular formula is C22H20ClN3O3S. The average molecular weight is 442 g/mol. The Balaban J connectivity index is 1.58. The number of carbonyl (C=O) groups excluding carboxylic acids is 2. The lowest BCUT2D eigenvalue weighted by Gasteiger charge is -2.08. The summed E-state index contributed by atoms with van der Waals surface area (Å²) in [6, 6.07) is 12.3. The van der Waals surface area contributed by atoms with E-state index in [0.717, 1.165) is 16.3 Å². The van der Waals surface area contributed by atoms with Gasteiger partial charge in [-0.05, 0) is 48.9 Å². The first kappa shape index (κ1) is 21.5. The third-order valence-corrected chi connectivity index (χ3v) is 5.02. The molecule has 6 nitrogen and oxygen atoms in total. The molecule has 0 radical (unpaired) electrons. The summed E-state index contributed by atoms with van der Waals surface area (Å²) in [6.45, 7) is 3.76. The molecule has 0 bridgehead atoms. The van der Waals surface area contributed by atoms with Gasteiger partial charge in [-0.3, -0.25) is 9.59 Å². The molecule has 0 atom stereocenters. The second kappa shape index (κ2) is 10.0. The lowest BCUT2D eigenvalue weighted by Crippen LogP contribution is -2.09. The standard InChI is InChI=1S/C22H20ClN3O3S/c1-14(27)24-17-7-8-21(20(23)11-17)26-22(28)9-6-16-4-3-5-19(10-16)29-12-18-13-30-15(2)25-18/h3-11,13H,12H2,1-2H3,(H,24,27)(H,26,28)/b9-6+. The summed E-state index contributed by atoms with van der Waals surface area (Å²) >= 11 is 7.75. The number of aromatic nitrogens is 1. The van der Waals surface area contributed by atoms with Crippen LogP contribution >= 0.6 is 22.9 Å². The summed E-state index contributed by atoms with van der Waals surface area (Å²) in [6.07, 6.45) is 3.11. The van der Waals surface area contributed by atoms with E-state index in [-0.39, 0.29) is 11.8 Å². The number of anilines is 2. The molecule has 3 aromatic rings. The molecule has 0 aliphatic rings. The molecule has 0 saturated heterocycles. The van der Waals surface area contributed by atoms with Crippen LogP contribution in [0.1, 0.15) is 23.2 Å². The van der Waals surface area contributed by atoms with E-state index in [1.54, 1.807) is 35.6 Å². The van der Waals surface area contributed by atoms with Gasteiger partial charge in [0, 0.05) is 24.1 Å². The highest BCUT2D eigenvalue weighted by Gasteiger charge is 2.06. The zero-order chi connectivity index (χ0) is 21.5. The fraction of sp³-hybridized carbons (Fsp3) is 0.136. The Morgan fingerprint density at radius 1 is 1.20 bits per heavy atom. The molecule has 0 saturated carbocycles. The van der Waals surface area contributed by atoms with Gasteiger partial charge in [0.1, 0.15) is 12.4 Å². The number of benzene rings is 2. The summed E-state index contributed by atoms with van der Waals surface area (Å²) in [5.74, 6) is 0.173. The molecule has 3 rings (SSSR count). The van der Waals surface area contributed by atoms with Crippen molar-refractivity contribution >= 4 is 52.2 Å². The molecule has 0 aliphatic heterocycles. The minimum absolute atomic E-state index is 0.196. The number of hydrogen-bond acceptors (Lipinski definition) is 5. The van der Waals surface area contributed by atoms with Crippen LogP contribution in [-0.2, 0) is 16.2 Å². The van der Waals surface area contributed by atoms with Gasteiger partial charge in [-0.25, -0.2) is 4.98 Å². The molecular weight excluding hydrogens is 422 g/mol. The number of rotatable bonds is 7. The van der Waals surface area contributed by atoms with Crippen LogP contribution in [0.2, 0.25) is 5.02 Å². The molecule has 154 valence electrons. The maximum absolute atomic E-state index is 12.2. The van der Waals surface area contributed by atoms with Crippen molar-refractivity contribution in [2.45, 2.75) is 20.5 Å². The second-order valence-corrected chi connectivity index (χ2v) is 7.89. The lowest BCUT2D eigenvalue weighted by atomic mass is 10.2. The van der Waals surface area contributed by atoms with Crippen LogP contribution < -0.4 is 15.4 Å². The summed E-state index contributed by atoms with van der Waals surface area (Å²) in [5.41, 5.74) is 2.73. The predicted molar refractivity (Wildman–Crippen MR) is 121 cm³/mol. The quantitative estimate of drug-likeness (QED) is 0.488. The number of halogens is 1. The van der Waals surface area contributed by atoms with Crippen molar-refractivity contribution in [2.75, 3.05) is 10.6 Å². The minimum Gasteiger partial charge on any atom is -0.487 e. The molecule has 2 amide bonds. The first-order valence-electron chi connectivity index (χ1n) is 9.09. The Labute approximate surface area is 183 Å². The van der Waals surface area contributed by atoms with E-state index in [1.165, 1.54) is 13.0 Å². The molecule has 2 aromatic carbocycles. The number of nitrogens with one attached hydrogen (secondary N) is 2. The number of amides is 2. The fourth-order valence-corrected chi connectivity index (χ4v) is 3.41. The smallest absolute Gasteiger partial charge is 0.248 e. The second-order valence-electron chi connectivity index (χ2n) is 6.42. The van der Waals surface area contributed by atoms with Gasteiger partial charge in [-0.15, -0.1) is 11.3 Å². The van der Waals surface area contributed by atoms with Gasteiger partial charge in [-0.2, -0.15) is 0 Å². The van der Waals surface area contributed by atoms with Gasteiger partial charge in [0.2, 0.25) is 11.8 Å². The zero-order valence-electron chi connectivity index (χ0n) is 16.4. The number of carbonyl (C=O) groups is 2. The molecule has 0 aliphatic carbocycles. The van der Waals surface area contributed by atoms with Gasteiger partial charge in [-0.1, -0.05) is 23.7 Å². The Morgan fingerprint density at radius 2 is 2.03 bits per heavy atom. The molecule has 1 heterocycles. The fourth-order valence-electron chi connectivity index (χ4n) is 2.58. The number of aryl methyl sites for hydroxylation is 1. The minimum atomic E-state index is -0.326. The van der Waals surface area contributed by atoms with Crippen LogP contribution in [0.3, 0.4) is 0 Å². The molecule has 0 spiro atoms. The number of nitrogens with zero attached hydrogens (tertiary/aromatic N) is 1. The topological polar surface area (TPSA) is 80.3 Å². The van der Waals surface area contributed by atoms with Crippen molar-refractivity contribution in [1.29, 1.82) is 0 Å². The highest BCUT2D eigenvalue weighted by molar-refractivity contribution is 7.09. The predicted octanol–water partition coefficient (Wildman–Crippen LogP) is 5.29. The molecule has 8 heteroatoms. The lowest BCUT2D eigenvalue weighted by molar-refractivity contribution is -0.114. The molecule has 30 heavy (non-hydrogen) atoms. The molecule has 0 unspecified atom stereocenters. The first-order valence-corrected chi connectivity index (χ1v) is 10.3. The van der Waals surface area contributed by atoms with Gasteiger partial charge in [0.05, 0.1) is 21.4 Å². The van der Waals surface area contributed by atoms with Crippen molar-refractivity contribution in [2.24, 2.45) is 0 Å². The highest BCUT2D eigenvalue weighted by atomic mass is 35.5. The van der Waals surface area contributed by atoms with Crippen molar-refractivity contribution in [1.82, 2.24) is 4.98 Å². The van der Waals surface area contributed by atoms with Gasteiger partial charge < -0.3 is 15.4 Å². The van der Waals surface area contributed by atoms with Crippen molar-refractivity contribution < 1.29 is 14.3 Å². The highest BCUT2D eigenvalue weighted by Crippen LogP contribution is 2.25. The third-order valence-electron chi connectivity index (χ3n) is 3.89. The van der Waals surface area contributed by atoms with Gasteiger partial charge in [0.25, 0.3) is 0 Å². The van der Waals surface area contributed by atoms with E-state index in [9.17, 15) is 9.59 Å². The maximum atomic E-state index is 12.2. The third kappa shape index (κ3) is 6.43. The van der Waals surface area contributed by atoms with E-state index < -0.39 is 0 Å². The Morgan fingerprint density at radius 3 is 2.73 bits per heavy atom. The van der Waals surface area contributed by atoms with Crippen LogP contribution in [0.4, 0.5) is 11.4 Å². The Kier molecular flexibility index (Phi) is 7.21. The van der Waals surface area contributed by atoms with Crippen LogP contribution in [0, 0.1) is 6.92 Å². The van der Waals surface area contributed by atoms with E-state index >= 15 is 0 Å². The molecule has 2 N–H and O–H groups in total. The maximum Gasteiger partial charge on any atom is 0.248 e. The van der Waals surface area contributed by atoms with Crippen LogP contribution in [-0.4, -0.2) is 16.8 Å². The molecule has 0 fully saturated rings. The van der Waals surface area contributed by atoms with Gasteiger partial charge in [0.15, 0.2) is 0 Å².